The number of aromatic nitrogens is 3. The standard InChI is InChI=1S/C16H23N7/c1-17-16(19-12-7-9-22(11-12)13-5-6-13)18-10-15-21-20-14-4-2-3-8-23(14)15/h2-4,8,12-13H,5-7,9-11H2,1H3,(H2,17,18,19). The largest absolute Gasteiger partial charge is 0.352 e. The summed E-state index contributed by atoms with van der Waals surface area (Å²) in [5, 5.41) is 15.3. The van der Waals surface area contributed by atoms with E-state index in [0.29, 0.717) is 12.6 Å². The van der Waals surface area contributed by atoms with E-state index < -0.39 is 0 Å². The predicted octanol–water partition coefficient (Wildman–Crippen LogP) is 0.631. The number of guanidine groups is 1. The molecule has 0 amide bonds. The van der Waals surface area contributed by atoms with Crippen LogP contribution in [0, 0.1) is 0 Å². The Hall–Kier alpha value is -2.15. The summed E-state index contributed by atoms with van der Waals surface area (Å²) in [6, 6.07) is 7.23. The fourth-order valence-corrected chi connectivity index (χ4v) is 3.24. The summed E-state index contributed by atoms with van der Waals surface area (Å²) in [5.41, 5.74) is 0.864. The topological polar surface area (TPSA) is 69.8 Å². The maximum Gasteiger partial charge on any atom is 0.191 e. The van der Waals surface area contributed by atoms with Gasteiger partial charge in [0.1, 0.15) is 0 Å². The summed E-state index contributed by atoms with van der Waals surface area (Å²) in [6.07, 6.45) is 5.91. The van der Waals surface area contributed by atoms with Crippen LogP contribution in [0.15, 0.2) is 29.4 Å². The molecular formula is C16H23N7. The third kappa shape index (κ3) is 3.14. The van der Waals surface area contributed by atoms with Gasteiger partial charge in [-0.1, -0.05) is 6.07 Å². The van der Waals surface area contributed by atoms with Crippen LogP contribution >= 0.6 is 0 Å². The van der Waals surface area contributed by atoms with E-state index in [1.807, 2.05) is 35.8 Å². The first-order valence-corrected chi connectivity index (χ1v) is 8.33. The zero-order valence-electron chi connectivity index (χ0n) is 13.4. The Morgan fingerprint density at radius 2 is 2.22 bits per heavy atom. The number of hydrogen-bond acceptors (Lipinski definition) is 4. The smallest absolute Gasteiger partial charge is 0.191 e. The summed E-state index contributed by atoms with van der Waals surface area (Å²) >= 11 is 0. The van der Waals surface area contributed by atoms with Crippen LogP contribution in [0.5, 0.6) is 0 Å². The first kappa shape index (κ1) is 14.4. The molecular weight excluding hydrogens is 290 g/mol. The number of aliphatic imine (C=N–C) groups is 1. The molecule has 0 bridgehead atoms. The van der Waals surface area contributed by atoms with Gasteiger partial charge in [0.25, 0.3) is 0 Å². The van der Waals surface area contributed by atoms with Gasteiger partial charge in [-0.05, 0) is 31.4 Å². The monoisotopic (exact) mass is 313 g/mol. The van der Waals surface area contributed by atoms with Crippen molar-refractivity contribution in [1.82, 2.24) is 30.1 Å². The van der Waals surface area contributed by atoms with Crippen LogP contribution < -0.4 is 10.6 Å². The molecule has 2 aliphatic rings. The van der Waals surface area contributed by atoms with Gasteiger partial charge in [0.15, 0.2) is 17.4 Å². The molecule has 23 heavy (non-hydrogen) atoms. The summed E-state index contributed by atoms with van der Waals surface area (Å²) in [7, 11) is 1.81. The number of rotatable bonds is 4. The van der Waals surface area contributed by atoms with E-state index in [9.17, 15) is 0 Å². The molecule has 3 heterocycles. The van der Waals surface area contributed by atoms with Crippen LogP contribution in [-0.4, -0.2) is 57.7 Å². The van der Waals surface area contributed by atoms with E-state index in [2.05, 4.69) is 30.7 Å². The van der Waals surface area contributed by atoms with Gasteiger partial charge in [-0.25, -0.2) is 0 Å². The highest BCUT2D eigenvalue weighted by molar-refractivity contribution is 5.79. The Bertz CT molecular complexity index is 703. The number of fused-ring (bicyclic) bond motifs is 1. The van der Waals surface area contributed by atoms with Crippen LogP contribution in [0.1, 0.15) is 25.1 Å². The molecule has 0 aromatic carbocycles. The number of pyridine rings is 1. The molecule has 0 spiro atoms. The van der Waals surface area contributed by atoms with E-state index >= 15 is 0 Å². The fraction of sp³-hybridized carbons (Fsp3) is 0.562. The highest BCUT2D eigenvalue weighted by Gasteiger charge is 2.34. The quantitative estimate of drug-likeness (QED) is 0.640. The minimum absolute atomic E-state index is 0.483. The molecule has 1 saturated carbocycles. The van der Waals surface area contributed by atoms with E-state index in [1.165, 1.54) is 25.8 Å². The van der Waals surface area contributed by atoms with Crippen molar-refractivity contribution in [2.24, 2.45) is 4.99 Å². The molecule has 7 heteroatoms. The van der Waals surface area contributed by atoms with Gasteiger partial charge in [-0.15, -0.1) is 10.2 Å². The molecule has 2 aromatic rings. The molecule has 0 radical (unpaired) electrons. The minimum Gasteiger partial charge on any atom is -0.352 e. The van der Waals surface area contributed by atoms with Gasteiger partial charge in [0.2, 0.25) is 0 Å². The molecule has 1 aliphatic heterocycles. The Morgan fingerprint density at radius 3 is 3.04 bits per heavy atom. The van der Waals surface area contributed by atoms with Crippen molar-refractivity contribution in [2.75, 3.05) is 20.1 Å². The first-order valence-electron chi connectivity index (χ1n) is 8.33. The van der Waals surface area contributed by atoms with Gasteiger partial charge in [-0.2, -0.15) is 0 Å². The normalized spacial score (nSPS) is 22.7. The van der Waals surface area contributed by atoms with Crippen LogP contribution in [-0.2, 0) is 6.54 Å². The lowest BCUT2D eigenvalue weighted by Gasteiger charge is -2.18. The zero-order valence-corrected chi connectivity index (χ0v) is 13.4. The summed E-state index contributed by atoms with van der Waals surface area (Å²) in [4.78, 5) is 6.93. The lowest BCUT2D eigenvalue weighted by Crippen LogP contribution is -2.44. The maximum atomic E-state index is 4.34. The van der Waals surface area contributed by atoms with E-state index in [1.54, 1.807) is 0 Å². The van der Waals surface area contributed by atoms with Crippen molar-refractivity contribution >= 4 is 11.6 Å². The number of nitrogens with zero attached hydrogens (tertiary/aromatic N) is 5. The van der Waals surface area contributed by atoms with Crippen molar-refractivity contribution < 1.29 is 0 Å². The van der Waals surface area contributed by atoms with Gasteiger partial charge in [0, 0.05) is 38.4 Å². The highest BCUT2D eigenvalue weighted by Crippen LogP contribution is 2.29. The van der Waals surface area contributed by atoms with Crippen molar-refractivity contribution in [3.05, 3.63) is 30.2 Å². The molecule has 4 rings (SSSR count). The molecule has 2 N–H and O–H groups in total. The second kappa shape index (κ2) is 6.16. The average Bonchev–Trinajstić information content (AvgIpc) is 3.19. The summed E-state index contributed by atoms with van der Waals surface area (Å²) in [5.74, 6) is 1.72. The average molecular weight is 313 g/mol. The van der Waals surface area contributed by atoms with Crippen molar-refractivity contribution in [1.29, 1.82) is 0 Å². The van der Waals surface area contributed by atoms with Crippen LogP contribution in [0.25, 0.3) is 5.65 Å². The minimum atomic E-state index is 0.483. The molecule has 2 fully saturated rings. The Labute approximate surface area is 135 Å². The predicted molar refractivity (Wildman–Crippen MR) is 89.3 cm³/mol. The Morgan fingerprint density at radius 1 is 1.30 bits per heavy atom. The maximum absolute atomic E-state index is 4.34. The van der Waals surface area contributed by atoms with Gasteiger partial charge in [-0.3, -0.25) is 14.3 Å². The highest BCUT2D eigenvalue weighted by atomic mass is 15.3. The Kier molecular flexibility index (Phi) is 3.87. The molecule has 7 nitrogen and oxygen atoms in total. The molecule has 2 aromatic heterocycles. The third-order valence-corrected chi connectivity index (χ3v) is 4.65. The van der Waals surface area contributed by atoms with E-state index in [-0.39, 0.29) is 0 Å². The van der Waals surface area contributed by atoms with E-state index in [4.69, 9.17) is 0 Å². The lowest BCUT2D eigenvalue weighted by atomic mass is 10.3. The van der Waals surface area contributed by atoms with Gasteiger partial charge in [0.05, 0.1) is 6.54 Å². The number of nitrogens with one attached hydrogen (secondary N) is 2. The van der Waals surface area contributed by atoms with Crippen molar-refractivity contribution in [3.63, 3.8) is 0 Å². The van der Waals surface area contributed by atoms with Crippen molar-refractivity contribution in [3.8, 4) is 0 Å². The second-order valence-corrected chi connectivity index (χ2v) is 6.33. The molecule has 1 aliphatic carbocycles. The fourth-order valence-electron chi connectivity index (χ4n) is 3.24. The van der Waals surface area contributed by atoms with Gasteiger partial charge < -0.3 is 10.6 Å². The lowest BCUT2D eigenvalue weighted by molar-refractivity contribution is 0.321. The molecule has 1 unspecified atom stereocenters. The SMILES string of the molecule is CN=C(NCc1nnc2ccccn12)NC1CCN(C2CC2)C1. The van der Waals surface area contributed by atoms with Gasteiger partial charge >= 0.3 is 0 Å². The summed E-state index contributed by atoms with van der Waals surface area (Å²) < 4.78 is 1.99. The molecule has 1 atom stereocenters. The molecule has 122 valence electrons. The van der Waals surface area contributed by atoms with Crippen LogP contribution in [0.4, 0.5) is 0 Å². The first-order chi connectivity index (χ1) is 11.3. The van der Waals surface area contributed by atoms with E-state index in [0.717, 1.165) is 30.0 Å². The third-order valence-electron chi connectivity index (χ3n) is 4.65. The second-order valence-electron chi connectivity index (χ2n) is 6.33. The van der Waals surface area contributed by atoms with Crippen LogP contribution in [0.3, 0.4) is 0 Å². The summed E-state index contributed by atoms with van der Waals surface area (Å²) in [6.45, 7) is 2.93. The zero-order chi connectivity index (χ0) is 15.6. The Balaban J connectivity index is 1.33. The molecule has 1 saturated heterocycles. The number of likely N-dealkylation sites (tertiary alicyclic amines) is 1. The van der Waals surface area contributed by atoms with Crippen molar-refractivity contribution in [2.45, 2.75) is 37.9 Å². The van der Waals surface area contributed by atoms with Crippen LogP contribution in [0.2, 0.25) is 0 Å². The number of hydrogen-bond donors (Lipinski definition) is 2.